The van der Waals surface area contributed by atoms with Gasteiger partial charge in [0, 0.05) is 6.08 Å². The predicted octanol–water partition coefficient (Wildman–Crippen LogP) is 2.13. The van der Waals surface area contributed by atoms with Gasteiger partial charge in [0.05, 0.1) is 19.3 Å². The Bertz CT molecular complexity index is 484. The molecule has 1 aliphatic rings. The van der Waals surface area contributed by atoms with E-state index in [4.69, 9.17) is 4.74 Å². The van der Waals surface area contributed by atoms with Crippen molar-refractivity contribution < 1.29 is 14.6 Å². The van der Waals surface area contributed by atoms with Crippen LogP contribution in [-0.4, -0.2) is 30.3 Å². The van der Waals surface area contributed by atoms with Crippen molar-refractivity contribution >= 4 is 12.0 Å². The fourth-order valence-electron chi connectivity index (χ4n) is 2.43. The van der Waals surface area contributed by atoms with Gasteiger partial charge in [-0.15, -0.1) is 0 Å². The fraction of sp³-hybridized carbons (Fsp3) is 0.438. The van der Waals surface area contributed by atoms with Crippen LogP contribution in [0.5, 0.6) is 5.75 Å². The summed E-state index contributed by atoms with van der Waals surface area (Å²) in [7, 11) is 1.61. The molecule has 108 valence electrons. The van der Waals surface area contributed by atoms with Gasteiger partial charge in [-0.2, -0.15) is 0 Å². The molecule has 0 saturated heterocycles. The van der Waals surface area contributed by atoms with E-state index in [-0.39, 0.29) is 11.9 Å². The minimum Gasteiger partial charge on any atom is -0.497 e. The molecule has 1 aromatic carbocycles. The van der Waals surface area contributed by atoms with E-state index in [0.29, 0.717) is 0 Å². The molecule has 0 spiro atoms. The Labute approximate surface area is 119 Å². The average Bonchev–Trinajstić information content (AvgIpc) is 2.48. The van der Waals surface area contributed by atoms with Crippen molar-refractivity contribution in [3.63, 3.8) is 0 Å². The highest BCUT2D eigenvalue weighted by Gasteiger charge is 2.23. The van der Waals surface area contributed by atoms with Crippen LogP contribution in [0.1, 0.15) is 31.2 Å². The van der Waals surface area contributed by atoms with Crippen LogP contribution in [0, 0.1) is 0 Å². The molecule has 1 fully saturated rings. The molecule has 0 bridgehead atoms. The van der Waals surface area contributed by atoms with E-state index in [1.54, 1.807) is 13.2 Å². The minimum absolute atomic E-state index is 0.119. The molecule has 2 unspecified atom stereocenters. The number of rotatable bonds is 4. The highest BCUT2D eigenvalue weighted by atomic mass is 16.5. The van der Waals surface area contributed by atoms with Crippen molar-refractivity contribution in [2.24, 2.45) is 0 Å². The summed E-state index contributed by atoms with van der Waals surface area (Å²) >= 11 is 0. The van der Waals surface area contributed by atoms with Gasteiger partial charge in [0.15, 0.2) is 0 Å². The molecule has 4 heteroatoms. The molecule has 2 atom stereocenters. The molecule has 0 radical (unpaired) electrons. The van der Waals surface area contributed by atoms with Crippen LogP contribution in [0.3, 0.4) is 0 Å². The zero-order chi connectivity index (χ0) is 14.4. The number of methoxy groups -OCH3 is 1. The van der Waals surface area contributed by atoms with Gasteiger partial charge in [-0.05, 0) is 36.6 Å². The largest absolute Gasteiger partial charge is 0.497 e. The van der Waals surface area contributed by atoms with E-state index in [9.17, 15) is 9.90 Å². The molecule has 2 N–H and O–H groups in total. The number of carbonyl (C=O) groups is 1. The summed E-state index contributed by atoms with van der Waals surface area (Å²) in [6.07, 6.45) is 6.53. The van der Waals surface area contributed by atoms with Crippen molar-refractivity contribution in [1.82, 2.24) is 5.32 Å². The second-order valence-electron chi connectivity index (χ2n) is 5.08. The first-order valence-electron chi connectivity index (χ1n) is 7.00. The van der Waals surface area contributed by atoms with E-state index in [1.165, 1.54) is 6.08 Å². The van der Waals surface area contributed by atoms with Crippen molar-refractivity contribution in [2.45, 2.75) is 37.8 Å². The van der Waals surface area contributed by atoms with Gasteiger partial charge in [-0.3, -0.25) is 4.79 Å². The van der Waals surface area contributed by atoms with Crippen LogP contribution in [0.4, 0.5) is 0 Å². The quantitative estimate of drug-likeness (QED) is 0.828. The summed E-state index contributed by atoms with van der Waals surface area (Å²) < 4.78 is 5.13. The summed E-state index contributed by atoms with van der Waals surface area (Å²) in [5, 5.41) is 12.7. The molecule has 2 rings (SSSR count). The number of ether oxygens (including phenoxy) is 1. The standard InChI is InChI=1S/C16H21NO3/c1-20-13-6-4-5-12(11-13)9-10-16(19)17-14-7-2-3-8-15(14)18/h4-6,9-11,14-15,18H,2-3,7-8H2,1H3,(H,17,19). The summed E-state index contributed by atoms with van der Waals surface area (Å²) in [5.74, 6) is 0.592. The lowest BCUT2D eigenvalue weighted by Gasteiger charge is -2.27. The summed E-state index contributed by atoms with van der Waals surface area (Å²) in [5.41, 5.74) is 0.906. The second-order valence-corrected chi connectivity index (χ2v) is 5.08. The Hall–Kier alpha value is -1.81. The molecule has 1 aromatic rings. The van der Waals surface area contributed by atoms with Crippen molar-refractivity contribution in [2.75, 3.05) is 7.11 Å². The monoisotopic (exact) mass is 275 g/mol. The molecular weight excluding hydrogens is 254 g/mol. The lowest BCUT2D eigenvalue weighted by Crippen LogP contribution is -2.44. The van der Waals surface area contributed by atoms with Crippen LogP contribution in [0.25, 0.3) is 6.08 Å². The Morgan fingerprint density at radius 2 is 2.20 bits per heavy atom. The van der Waals surface area contributed by atoms with Gasteiger partial charge < -0.3 is 15.2 Å². The molecule has 1 saturated carbocycles. The maximum absolute atomic E-state index is 11.8. The molecule has 20 heavy (non-hydrogen) atoms. The summed E-state index contributed by atoms with van der Waals surface area (Å²) in [6, 6.07) is 7.38. The Morgan fingerprint density at radius 1 is 1.40 bits per heavy atom. The van der Waals surface area contributed by atoms with E-state index in [2.05, 4.69) is 5.32 Å². The number of hydrogen-bond acceptors (Lipinski definition) is 3. The molecule has 1 aliphatic carbocycles. The molecule has 1 amide bonds. The predicted molar refractivity (Wildman–Crippen MR) is 78.4 cm³/mol. The number of hydrogen-bond donors (Lipinski definition) is 2. The molecule has 4 nitrogen and oxygen atoms in total. The van der Waals surface area contributed by atoms with E-state index < -0.39 is 6.10 Å². The maximum atomic E-state index is 11.8. The first-order valence-corrected chi connectivity index (χ1v) is 7.00. The highest BCUT2D eigenvalue weighted by Crippen LogP contribution is 2.18. The second kappa shape index (κ2) is 7.10. The Balaban J connectivity index is 1.91. The zero-order valence-corrected chi connectivity index (χ0v) is 11.7. The number of aliphatic hydroxyl groups is 1. The average molecular weight is 275 g/mol. The van der Waals surface area contributed by atoms with Crippen LogP contribution in [-0.2, 0) is 4.79 Å². The number of carbonyl (C=O) groups excluding carboxylic acids is 1. The zero-order valence-electron chi connectivity index (χ0n) is 11.7. The Kier molecular flexibility index (Phi) is 5.18. The van der Waals surface area contributed by atoms with Gasteiger partial charge >= 0.3 is 0 Å². The minimum atomic E-state index is -0.419. The smallest absolute Gasteiger partial charge is 0.244 e. The molecule has 0 aromatic heterocycles. The van der Waals surface area contributed by atoms with Gasteiger partial charge in [-0.1, -0.05) is 25.0 Å². The lowest BCUT2D eigenvalue weighted by atomic mass is 9.92. The van der Waals surface area contributed by atoms with Gasteiger partial charge in [0.1, 0.15) is 5.75 Å². The third-order valence-corrected chi connectivity index (χ3v) is 3.58. The van der Waals surface area contributed by atoms with Gasteiger partial charge in [0.25, 0.3) is 0 Å². The number of amides is 1. The maximum Gasteiger partial charge on any atom is 0.244 e. The normalized spacial score (nSPS) is 22.7. The van der Waals surface area contributed by atoms with Crippen LogP contribution in [0.2, 0.25) is 0 Å². The fourth-order valence-corrected chi connectivity index (χ4v) is 2.43. The third-order valence-electron chi connectivity index (χ3n) is 3.58. The molecule has 0 heterocycles. The highest BCUT2D eigenvalue weighted by molar-refractivity contribution is 5.92. The third kappa shape index (κ3) is 4.10. The molecular formula is C16H21NO3. The van der Waals surface area contributed by atoms with Gasteiger partial charge in [0.2, 0.25) is 5.91 Å². The van der Waals surface area contributed by atoms with Crippen LogP contribution in [0.15, 0.2) is 30.3 Å². The van der Waals surface area contributed by atoms with Crippen molar-refractivity contribution in [3.05, 3.63) is 35.9 Å². The lowest BCUT2D eigenvalue weighted by molar-refractivity contribution is -0.118. The van der Waals surface area contributed by atoms with Gasteiger partial charge in [-0.25, -0.2) is 0 Å². The first-order chi connectivity index (χ1) is 9.69. The summed E-state index contributed by atoms with van der Waals surface area (Å²) in [4.78, 5) is 11.8. The number of benzene rings is 1. The van der Waals surface area contributed by atoms with E-state index in [0.717, 1.165) is 37.0 Å². The van der Waals surface area contributed by atoms with Crippen LogP contribution >= 0.6 is 0 Å². The van der Waals surface area contributed by atoms with Crippen LogP contribution < -0.4 is 10.1 Å². The topological polar surface area (TPSA) is 58.6 Å². The number of nitrogens with one attached hydrogen (secondary N) is 1. The number of aliphatic hydroxyl groups excluding tert-OH is 1. The van der Waals surface area contributed by atoms with Crippen molar-refractivity contribution in [1.29, 1.82) is 0 Å². The summed E-state index contributed by atoms with van der Waals surface area (Å²) in [6.45, 7) is 0. The van der Waals surface area contributed by atoms with Crippen molar-refractivity contribution in [3.8, 4) is 5.75 Å². The van der Waals surface area contributed by atoms with E-state index in [1.807, 2.05) is 24.3 Å². The Morgan fingerprint density at radius 3 is 2.95 bits per heavy atom. The molecule has 0 aliphatic heterocycles. The first kappa shape index (κ1) is 14.6. The SMILES string of the molecule is COc1cccc(C=CC(=O)NC2CCCCC2O)c1. The van der Waals surface area contributed by atoms with E-state index >= 15 is 0 Å².